The molecule has 0 bridgehead atoms. The monoisotopic (exact) mass is 281 g/mol. The highest BCUT2D eigenvalue weighted by molar-refractivity contribution is 7.12. The summed E-state index contributed by atoms with van der Waals surface area (Å²) in [6.45, 7) is 2.02. The van der Waals surface area contributed by atoms with Crippen molar-refractivity contribution in [3.8, 4) is 0 Å². The molecule has 0 amide bonds. The van der Waals surface area contributed by atoms with Gasteiger partial charge < -0.3 is 10.1 Å². The van der Waals surface area contributed by atoms with Gasteiger partial charge in [0.05, 0.1) is 13.5 Å². The van der Waals surface area contributed by atoms with Crippen molar-refractivity contribution in [3.63, 3.8) is 0 Å². The fourth-order valence-corrected chi connectivity index (χ4v) is 3.62. The van der Waals surface area contributed by atoms with Crippen molar-refractivity contribution in [2.45, 2.75) is 45.1 Å². The van der Waals surface area contributed by atoms with Crippen molar-refractivity contribution < 1.29 is 9.53 Å². The van der Waals surface area contributed by atoms with Crippen LogP contribution in [0.15, 0.2) is 12.1 Å². The molecule has 106 valence electrons. The van der Waals surface area contributed by atoms with E-state index in [4.69, 9.17) is 0 Å². The Labute approximate surface area is 119 Å². The fraction of sp³-hybridized carbons (Fsp3) is 0.667. The molecule has 0 aromatic carbocycles. The molecule has 1 saturated carbocycles. The fourth-order valence-electron chi connectivity index (χ4n) is 2.64. The molecule has 2 rings (SSSR count). The molecule has 0 unspecified atom stereocenters. The number of thiophene rings is 1. The highest BCUT2D eigenvalue weighted by Crippen LogP contribution is 2.27. The Bertz CT molecular complexity index is 397. The second-order valence-electron chi connectivity index (χ2n) is 5.24. The molecule has 19 heavy (non-hydrogen) atoms. The van der Waals surface area contributed by atoms with E-state index in [1.807, 2.05) is 6.07 Å². The molecule has 3 nitrogen and oxygen atoms in total. The van der Waals surface area contributed by atoms with Crippen LogP contribution >= 0.6 is 11.3 Å². The van der Waals surface area contributed by atoms with Gasteiger partial charge in [0.2, 0.25) is 0 Å². The van der Waals surface area contributed by atoms with Gasteiger partial charge in [-0.05, 0) is 31.0 Å². The summed E-state index contributed by atoms with van der Waals surface area (Å²) < 4.78 is 4.67. The van der Waals surface area contributed by atoms with Gasteiger partial charge in [-0.15, -0.1) is 11.3 Å². The first kappa shape index (κ1) is 14.5. The Hall–Kier alpha value is -0.870. The van der Waals surface area contributed by atoms with Crippen molar-refractivity contribution in [3.05, 3.63) is 21.9 Å². The number of nitrogens with one attached hydrogen (secondary N) is 1. The summed E-state index contributed by atoms with van der Waals surface area (Å²) >= 11 is 1.70. The van der Waals surface area contributed by atoms with Gasteiger partial charge in [-0.2, -0.15) is 0 Å². The second kappa shape index (κ2) is 7.65. The number of carbonyl (C=O) groups is 1. The van der Waals surface area contributed by atoms with Gasteiger partial charge in [-0.1, -0.05) is 25.7 Å². The number of carbonyl (C=O) groups excluding carboxylic acids is 1. The molecular weight excluding hydrogens is 258 g/mol. The van der Waals surface area contributed by atoms with Crippen LogP contribution < -0.4 is 5.32 Å². The van der Waals surface area contributed by atoms with E-state index in [0.29, 0.717) is 6.42 Å². The van der Waals surface area contributed by atoms with Gasteiger partial charge >= 0.3 is 5.97 Å². The van der Waals surface area contributed by atoms with Crippen LogP contribution in [-0.2, 0) is 22.5 Å². The molecule has 1 fully saturated rings. The molecule has 0 spiro atoms. The van der Waals surface area contributed by atoms with E-state index in [-0.39, 0.29) is 5.97 Å². The molecule has 0 aliphatic heterocycles. The summed E-state index contributed by atoms with van der Waals surface area (Å²) in [6.07, 6.45) is 7.39. The molecule has 4 heteroatoms. The van der Waals surface area contributed by atoms with Crippen LogP contribution in [-0.4, -0.2) is 19.6 Å². The topological polar surface area (TPSA) is 38.3 Å². The third-order valence-corrected chi connectivity index (χ3v) is 4.85. The Morgan fingerprint density at radius 3 is 2.84 bits per heavy atom. The van der Waals surface area contributed by atoms with Gasteiger partial charge in [0.15, 0.2) is 0 Å². The lowest BCUT2D eigenvalue weighted by molar-refractivity contribution is -0.139. The van der Waals surface area contributed by atoms with Crippen molar-refractivity contribution in [2.24, 2.45) is 5.92 Å². The predicted octanol–water partition coefficient (Wildman–Crippen LogP) is 3.13. The highest BCUT2D eigenvalue weighted by atomic mass is 32.1. The van der Waals surface area contributed by atoms with Gasteiger partial charge in [0, 0.05) is 16.3 Å². The molecule has 1 N–H and O–H groups in total. The van der Waals surface area contributed by atoms with Crippen LogP contribution in [0.4, 0.5) is 0 Å². The molecule has 0 atom stereocenters. The second-order valence-corrected chi connectivity index (χ2v) is 6.49. The molecule has 1 aromatic rings. The van der Waals surface area contributed by atoms with Crippen molar-refractivity contribution >= 4 is 17.3 Å². The zero-order valence-electron chi connectivity index (χ0n) is 11.6. The van der Waals surface area contributed by atoms with Crippen LogP contribution in [0.1, 0.15) is 41.9 Å². The summed E-state index contributed by atoms with van der Waals surface area (Å²) in [6, 6.07) is 4.13. The Balaban J connectivity index is 1.64. The lowest BCUT2D eigenvalue weighted by Crippen LogP contribution is -2.16. The third kappa shape index (κ3) is 4.96. The molecule has 0 saturated heterocycles. The Morgan fingerprint density at radius 2 is 2.11 bits per heavy atom. The molecule has 1 aliphatic carbocycles. The van der Waals surface area contributed by atoms with Crippen LogP contribution in [0.3, 0.4) is 0 Å². The largest absolute Gasteiger partial charge is 0.469 e. The average molecular weight is 281 g/mol. The van der Waals surface area contributed by atoms with Crippen molar-refractivity contribution in [2.75, 3.05) is 13.7 Å². The molecule has 0 radical (unpaired) electrons. The summed E-state index contributed by atoms with van der Waals surface area (Å²) in [5, 5.41) is 3.50. The predicted molar refractivity (Wildman–Crippen MR) is 78.3 cm³/mol. The number of esters is 1. The van der Waals surface area contributed by atoms with Crippen LogP contribution in [0.25, 0.3) is 0 Å². The summed E-state index contributed by atoms with van der Waals surface area (Å²) in [5.74, 6) is 0.785. The maximum absolute atomic E-state index is 11.2. The lowest BCUT2D eigenvalue weighted by atomic mass is 10.0. The molecule has 1 heterocycles. The van der Waals surface area contributed by atoms with Crippen LogP contribution in [0, 0.1) is 5.92 Å². The quantitative estimate of drug-likeness (QED) is 0.616. The van der Waals surface area contributed by atoms with E-state index in [9.17, 15) is 4.79 Å². The first-order chi connectivity index (χ1) is 9.28. The van der Waals surface area contributed by atoms with Gasteiger partial charge in [0.1, 0.15) is 0 Å². The van der Waals surface area contributed by atoms with E-state index in [0.717, 1.165) is 23.9 Å². The smallest absolute Gasteiger partial charge is 0.310 e. The first-order valence-corrected chi connectivity index (χ1v) is 7.94. The third-order valence-electron chi connectivity index (χ3n) is 3.77. The maximum atomic E-state index is 11.2. The maximum Gasteiger partial charge on any atom is 0.310 e. The zero-order chi connectivity index (χ0) is 13.5. The highest BCUT2D eigenvalue weighted by Gasteiger charge is 2.14. The number of hydrogen-bond acceptors (Lipinski definition) is 4. The lowest BCUT2D eigenvalue weighted by Gasteiger charge is -2.08. The minimum atomic E-state index is -0.164. The van der Waals surface area contributed by atoms with Crippen molar-refractivity contribution in [1.82, 2.24) is 5.32 Å². The SMILES string of the molecule is COC(=O)Cc1ccc(CNCCC2CCCC2)s1. The molecule has 1 aliphatic rings. The normalized spacial score (nSPS) is 15.8. The minimum Gasteiger partial charge on any atom is -0.469 e. The van der Waals surface area contributed by atoms with Gasteiger partial charge in [-0.25, -0.2) is 0 Å². The van der Waals surface area contributed by atoms with E-state index in [1.54, 1.807) is 11.3 Å². The van der Waals surface area contributed by atoms with E-state index in [1.165, 1.54) is 44.1 Å². The van der Waals surface area contributed by atoms with E-state index in [2.05, 4.69) is 16.1 Å². The van der Waals surface area contributed by atoms with E-state index < -0.39 is 0 Å². The summed E-state index contributed by atoms with van der Waals surface area (Å²) in [7, 11) is 1.43. The van der Waals surface area contributed by atoms with Gasteiger partial charge in [-0.3, -0.25) is 4.79 Å². The Morgan fingerprint density at radius 1 is 1.37 bits per heavy atom. The van der Waals surface area contributed by atoms with Gasteiger partial charge in [0.25, 0.3) is 0 Å². The summed E-state index contributed by atoms with van der Waals surface area (Å²) in [4.78, 5) is 13.5. The van der Waals surface area contributed by atoms with Crippen LogP contribution in [0.2, 0.25) is 0 Å². The van der Waals surface area contributed by atoms with Crippen molar-refractivity contribution in [1.29, 1.82) is 0 Å². The number of rotatable bonds is 7. The number of methoxy groups -OCH3 is 1. The summed E-state index contributed by atoms with van der Waals surface area (Å²) in [5.41, 5.74) is 0. The average Bonchev–Trinajstić information content (AvgIpc) is 3.06. The molecular formula is C15H23NO2S. The first-order valence-electron chi connectivity index (χ1n) is 7.13. The standard InChI is InChI=1S/C15H23NO2S/c1-18-15(17)10-13-6-7-14(19-13)11-16-9-8-12-4-2-3-5-12/h6-7,12,16H,2-5,8-11H2,1H3. The van der Waals surface area contributed by atoms with Crippen LogP contribution in [0.5, 0.6) is 0 Å². The number of ether oxygens (including phenoxy) is 1. The Kier molecular flexibility index (Phi) is 5.86. The number of hydrogen-bond donors (Lipinski definition) is 1. The van der Waals surface area contributed by atoms with E-state index >= 15 is 0 Å². The molecule has 1 aromatic heterocycles. The zero-order valence-corrected chi connectivity index (χ0v) is 12.4. The minimum absolute atomic E-state index is 0.164.